The third-order valence-corrected chi connectivity index (χ3v) is 2.43. The summed E-state index contributed by atoms with van der Waals surface area (Å²) in [5.74, 6) is -0.0378. The molecule has 2 rings (SSSR count). The Balaban J connectivity index is 2.63. The normalized spacial score (nSPS) is 10.4. The van der Waals surface area contributed by atoms with Gasteiger partial charge >= 0.3 is 0 Å². The number of para-hydroxylation sites is 1. The molecule has 1 aromatic carbocycles. The van der Waals surface area contributed by atoms with Crippen molar-refractivity contribution in [2.75, 3.05) is 6.54 Å². The van der Waals surface area contributed by atoms with E-state index in [0.717, 1.165) is 16.6 Å². The van der Waals surface area contributed by atoms with E-state index in [1.807, 2.05) is 44.2 Å². The quantitative estimate of drug-likeness (QED) is 0.833. The molecule has 0 bridgehead atoms. The number of pyridine rings is 1. The summed E-state index contributed by atoms with van der Waals surface area (Å²) in [7, 11) is 0. The predicted octanol–water partition coefficient (Wildman–Crippen LogP) is 2.29. The van der Waals surface area contributed by atoms with Crippen LogP contribution in [0.5, 0.6) is 0 Å². The molecule has 0 unspecified atom stereocenters. The molecule has 3 heteroatoms. The molecule has 0 fully saturated rings. The van der Waals surface area contributed by atoms with Crippen LogP contribution in [0.15, 0.2) is 30.3 Å². The highest BCUT2D eigenvalue weighted by atomic mass is 16.1. The Kier molecular flexibility index (Phi) is 2.86. The monoisotopic (exact) mass is 214 g/mol. The number of aromatic nitrogens is 1. The van der Waals surface area contributed by atoms with Crippen LogP contribution < -0.4 is 5.32 Å². The number of benzene rings is 1. The van der Waals surface area contributed by atoms with Gasteiger partial charge in [-0.25, -0.2) is 0 Å². The number of fused-ring (bicyclic) bond motifs is 1. The zero-order valence-electron chi connectivity index (χ0n) is 9.45. The molecule has 16 heavy (non-hydrogen) atoms. The summed E-state index contributed by atoms with van der Waals surface area (Å²) in [6.45, 7) is 4.44. The minimum Gasteiger partial charge on any atom is -0.352 e. The predicted molar refractivity (Wildman–Crippen MR) is 64.5 cm³/mol. The van der Waals surface area contributed by atoms with E-state index >= 15 is 0 Å². The fraction of sp³-hybridized carbons (Fsp3) is 0.231. The molecule has 82 valence electrons. The highest BCUT2D eigenvalue weighted by Crippen LogP contribution is 2.17. The Morgan fingerprint density at radius 2 is 2.12 bits per heavy atom. The maximum Gasteiger partial charge on any atom is 0.252 e. The van der Waals surface area contributed by atoms with Gasteiger partial charge in [0.05, 0.1) is 11.1 Å². The zero-order valence-corrected chi connectivity index (χ0v) is 9.45. The van der Waals surface area contributed by atoms with Crippen LogP contribution in [0.4, 0.5) is 0 Å². The zero-order chi connectivity index (χ0) is 11.5. The van der Waals surface area contributed by atoms with Crippen LogP contribution >= 0.6 is 0 Å². The lowest BCUT2D eigenvalue weighted by Gasteiger charge is -2.07. The van der Waals surface area contributed by atoms with Crippen LogP contribution in [0, 0.1) is 6.92 Å². The number of aryl methyl sites for hydroxylation is 1. The molecule has 1 aromatic heterocycles. The maximum absolute atomic E-state index is 11.9. The van der Waals surface area contributed by atoms with Crippen LogP contribution in [0.2, 0.25) is 0 Å². The van der Waals surface area contributed by atoms with Gasteiger partial charge in [-0.3, -0.25) is 9.78 Å². The van der Waals surface area contributed by atoms with Gasteiger partial charge in [0.2, 0.25) is 0 Å². The van der Waals surface area contributed by atoms with Crippen LogP contribution in [0.25, 0.3) is 10.9 Å². The van der Waals surface area contributed by atoms with Crippen LogP contribution in [-0.2, 0) is 0 Å². The lowest BCUT2D eigenvalue weighted by atomic mass is 10.1. The molecular formula is C13H14N2O. The van der Waals surface area contributed by atoms with Crippen molar-refractivity contribution < 1.29 is 4.79 Å². The largest absolute Gasteiger partial charge is 0.352 e. The number of amides is 1. The Morgan fingerprint density at radius 1 is 1.38 bits per heavy atom. The molecule has 1 amide bonds. The van der Waals surface area contributed by atoms with E-state index in [9.17, 15) is 4.79 Å². The lowest BCUT2D eigenvalue weighted by molar-refractivity contribution is 0.0957. The molecule has 3 nitrogen and oxygen atoms in total. The van der Waals surface area contributed by atoms with E-state index in [0.29, 0.717) is 12.1 Å². The van der Waals surface area contributed by atoms with Gasteiger partial charge in [-0.1, -0.05) is 18.2 Å². The Hall–Kier alpha value is -1.90. The highest BCUT2D eigenvalue weighted by Gasteiger charge is 2.10. The van der Waals surface area contributed by atoms with Crippen molar-refractivity contribution >= 4 is 16.8 Å². The van der Waals surface area contributed by atoms with Gasteiger partial charge in [0.1, 0.15) is 0 Å². The fourth-order valence-electron chi connectivity index (χ4n) is 1.75. The van der Waals surface area contributed by atoms with Gasteiger partial charge in [-0.2, -0.15) is 0 Å². The van der Waals surface area contributed by atoms with Gasteiger partial charge in [-0.15, -0.1) is 0 Å². The van der Waals surface area contributed by atoms with Crippen LogP contribution in [0.3, 0.4) is 0 Å². The fourth-order valence-corrected chi connectivity index (χ4v) is 1.75. The molecule has 0 aliphatic rings. The molecule has 0 saturated carbocycles. The van der Waals surface area contributed by atoms with E-state index in [2.05, 4.69) is 10.3 Å². The van der Waals surface area contributed by atoms with Crippen molar-refractivity contribution in [1.29, 1.82) is 0 Å². The Bertz CT molecular complexity index is 534. The van der Waals surface area contributed by atoms with E-state index in [1.165, 1.54) is 0 Å². The summed E-state index contributed by atoms with van der Waals surface area (Å²) in [6.07, 6.45) is 0. The van der Waals surface area contributed by atoms with Crippen molar-refractivity contribution in [2.24, 2.45) is 0 Å². The topological polar surface area (TPSA) is 42.0 Å². The molecule has 0 aliphatic carbocycles. The highest BCUT2D eigenvalue weighted by molar-refractivity contribution is 6.06. The lowest BCUT2D eigenvalue weighted by Crippen LogP contribution is -2.23. The minimum absolute atomic E-state index is 0.0378. The van der Waals surface area contributed by atoms with Crippen LogP contribution in [0.1, 0.15) is 23.0 Å². The first-order valence-corrected chi connectivity index (χ1v) is 5.37. The second kappa shape index (κ2) is 4.31. The van der Waals surface area contributed by atoms with E-state index in [-0.39, 0.29) is 5.91 Å². The summed E-state index contributed by atoms with van der Waals surface area (Å²) < 4.78 is 0. The number of hydrogen-bond acceptors (Lipinski definition) is 2. The first-order chi connectivity index (χ1) is 7.72. The summed E-state index contributed by atoms with van der Waals surface area (Å²) in [5, 5.41) is 3.72. The third-order valence-electron chi connectivity index (χ3n) is 2.43. The molecule has 0 atom stereocenters. The number of rotatable bonds is 2. The first kappa shape index (κ1) is 10.6. The average Bonchev–Trinajstić information content (AvgIpc) is 2.28. The third kappa shape index (κ3) is 1.89. The molecule has 1 heterocycles. The van der Waals surface area contributed by atoms with Gasteiger partial charge in [0.15, 0.2) is 0 Å². The van der Waals surface area contributed by atoms with Crippen molar-refractivity contribution in [3.63, 3.8) is 0 Å². The van der Waals surface area contributed by atoms with E-state index in [1.54, 1.807) is 0 Å². The van der Waals surface area contributed by atoms with E-state index < -0.39 is 0 Å². The summed E-state index contributed by atoms with van der Waals surface area (Å²) in [5.41, 5.74) is 2.42. The standard InChI is InChI=1S/C13H14N2O/c1-3-14-13(16)11-8-9(2)15-12-7-5-4-6-10(11)12/h4-8H,3H2,1-2H3,(H,14,16). The number of nitrogens with one attached hydrogen (secondary N) is 1. The molecule has 0 aliphatic heterocycles. The molecule has 1 N–H and O–H groups in total. The molecular weight excluding hydrogens is 200 g/mol. The average molecular weight is 214 g/mol. The Morgan fingerprint density at radius 3 is 2.88 bits per heavy atom. The van der Waals surface area contributed by atoms with Crippen LogP contribution in [-0.4, -0.2) is 17.4 Å². The molecule has 2 aromatic rings. The number of hydrogen-bond donors (Lipinski definition) is 1. The van der Waals surface area contributed by atoms with Gasteiger partial charge < -0.3 is 5.32 Å². The Labute approximate surface area is 94.5 Å². The van der Waals surface area contributed by atoms with E-state index in [4.69, 9.17) is 0 Å². The maximum atomic E-state index is 11.9. The van der Waals surface area contributed by atoms with Gasteiger partial charge in [-0.05, 0) is 26.0 Å². The first-order valence-electron chi connectivity index (χ1n) is 5.37. The summed E-state index contributed by atoms with van der Waals surface area (Å²) in [4.78, 5) is 16.3. The molecule has 0 saturated heterocycles. The van der Waals surface area contributed by atoms with Gasteiger partial charge in [0, 0.05) is 17.6 Å². The summed E-state index contributed by atoms with van der Waals surface area (Å²) in [6, 6.07) is 9.52. The number of nitrogens with zero attached hydrogens (tertiary/aromatic N) is 1. The number of carbonyl (C=O) groups excluding carboxylic acids is 1. The minimum atomic E-state index is -0.0378. The second-order valence-electron chi connectivity index (χ2n) is 3.69. The SMILES string of the molecule is CCNC(=O)c1cc(C)nc2ccccc12. The molecule has 0 spiro atoms. The summed E-state index contributed by atoms with van der Waals surface area (Å²) >= 11 is 0. The second-order valence-corrected chi connectivity index (χ2v) is 3.69. The van der Waals surface area contributed by atoms with Crippen molar-refractivity contribution in [3.8, 4) is 0 Å². The van der Waals surface area contributed by atoms with Crippen molar-refractivity contribution in [2.45, 2.75) is 13.8 Å². The van der Waals surface area contributed by atoms with Crippen molar-refractivity contribution in [1.82, 2.24) is 10.3 Å². The molecule has 0 radical (unpaired) electrons. The number of carbonyl (C=O) groups is 1. The van der Waals surface area contributed by atoms with Gasteiger partial charge in [0.25, 0.3) is 5.91 Å². The smallest absolute Gasteiger partial charge is 0.252 e. The van der Waals surface area contributed by atoms with Crippen molar-refractivity contribution in [3.05, 3.63) is 41.6 Å².